The lowest BCUT2D eigenvalue weighted by Gasteiger charge is -2.30. The Morgan fingerprint density at radius 2 is 1.79 bits per heavy atom. The summed E-state index contributed by atoms with van der Waals surface area (Å²) in [6.45, 7) is 6.03. The van der Waals surface area contributed by atoms with Gasteiger partial charge in [0.1, 0.15) is 0 Å². The maximum absolute atomic E-state index is 5.38. The summed E-state index contributed by atoms with van der Waals surface area (Å²) >= 11 is 0. The van der Waals surface area contributed by atoms with E-state index in [2.05, 4.69) is 67.2 Å². The van der Waals surface area contributed by atoms with Crippen LogP contribution in [0.3, 0.4) is 0 Å². The molecule has 1 aromatic rings. The summed E-state index contributed by atoms with van der Waals surface area (Å²) in [5, 5.41) is 0. The Balaban J connectivity index is 1.93. The van der Waals surface area contributed by atoms with E-state index >= 15 is 0 Å². The first-order valence-electron chi connectivity index (χ1n) is 6.94. The third kappa shape index (κ3) is 4.08. The Kier molecular flexibility index (Phi) is 5.00. The third-order valence-electron chi connectivity index (χ3n) is 3.60. The second kappa shape index (κ2) is 6.73. The van der Waals surface area contributed by atoms with Crippen molar-refractivity contribution in [1.82, 2.24) is 4.90 Å². The molecule has 104 valence electrons. The van der Waals surface area contributed by atoms with Gasteiger partial charge in [0.25, 0.3) is 0 Å². The number of anilines is 1. The highest BCUT2D eigenvalue weighted by Crippen LogP contribution is 2.14. The van der Waals surface area contributed by atoms with Crippen molar-refractivity contribution < 1.29 is 4.74 Å². The van der Waals surface area contributed by atoms with Gasteiger partial charge in [-0.2, -0.15) is 0 Å². The standard InChI is InChI=1S/C16H24N2O/c1-14(18-10-12-19-13-11-18)4-5-15-6-8-16(9-7-15)17(2)3/h4-9,14H,10-13H2,1-3H3/b5-4+/t14-/m0/s1. The molecule has 1 aromatic carbocycles. The molecular weight excluding hydrogens is 236 g/mol. The number of rotatable bonds is 4. The quantitative estimate of drug-likeness (QED) is 0.827. The first-order chi connectivity index (χ1) is 9.16. The summed E-state index contributed by atoms with van der Waals surface area (Å²) in [5.74, 6) is 0. The van der Waals surface area contributed by atoms with Gasteiger partial charge >= 0.3 is 0 Å². The van der Waals surface area contributed by atoms with Gasteiger partial charge in [-0.3, -0.25) is 4.90 Å². The van der Waals surface area contributed by atoms with Gasteiger partial charge in [-0.1, -0.05) is 24.3 Å². The van der Waals surface area contributed by atoms with Crippen molar-refractivity contribution in [2.45, 2.75) is 13.0 Å². The van der Waals surface area contributed by atoms with Gasteiger partial charge in [0.15, 0.2) is 0 Å². The van der Waals surface area contributed by atoms with Crippen LogP contribution in [0.5, 0.6) is 0 Å². The fourth-order valence-corrected chi connectivity index (χ4v) is 2.24. The molecule has 0 aliphatic carbocycles. The van der Waals surface area contributed by atoms with Gasteiger partial charge in [-0.25, -0.2) is 0 Å². The van der Waals surface area contributed by atoms with Crippen LogP contribution in [0.15, 0.2) is 30.3 Å². The predicted octanol–water partition coefficient (Wildman–Crippen LogP) is 2.49. The monoisotopic (exact) mass is 260 g/mol. The predicted molar refractivity (Wildman–Crippen MR) is 81.7 cm³/mol. The van der Waals surface area contributed by atoms with Crippen molar-refractivity contribution in [3.63, 3.8) is 0 Å². The van der Waals surface area contributed by atoms with Crippen molar-refractivity contribution in [1.29, 1.82) is 0 Å². The SMILES string of the molecule is C[C@@H](/C=C/c1ccc(N(C)C)cc1)N1CCOCC1. The Morgan fingerprint density at radius 3 is 2.37 bits per heavy atom. The molecule has 0 amide bonds. The van der Waals surface area contributed by atoms with Crippen molar-refractivity contribution in [3.05, 3.63) is 35.9 Å². The number of morpholine rings is 1. The Labute approximate surface area is 116 Å². The maximum Gasteiger partial charge on any atom is 0.0594 e. The zero-order chi connectivity index (χ0) is 13.7. The number of ether oxygens (including phenoxy) is 1. The molecule has 0 radical (unpaired) electrons. The normalized spacial score (nSPS) is 18.7. The molecule has 0 bridgehead atoms. The number of nitrogens with zero attached hydrogens (tertiary/aromatic N) is 2. The largest absolute Gasteiger partial charge is 0.379 e. The minimum atomic E-state index is 0.470. The van der Waals surface area contributed by atoms with Crippen molar-refractivity contribution >= 4 is 11.8 Å². The summed E-state index contributed by atoms with van der Waals surface area (Å²) in [5.41, 5.74) is 2.49. The van der Waals surface area contributed by atoms with E-state index in [1.54, 1.807) is 0 Å². The van der Waals surface area contributed by atoms with Gasteiger partial charge in [0.2, 0.25) is 0 Å². The lowest BCUT2D eigenvalue weighted by molar-refractivity contribution is 0.0288. The van der Waals surface area contributed by atoms with E-state index in [1.165, 1.54) is 11.3 Å². The number of hydrogen-bond donors (Lipinski definition) is 0. The second-order valence-electron chi connectivity index (χ2n) is 5.23. The first-order valence-corrected chi connectivity index (χ1v) is 6.94. The number of benzene rings is 1. The van der Waals surface area contributed by atoms with Crippen LogP contribution >= 0.6 is 0 Å². The zero-order valence-electron chi connectivity index (χ0n) is 12.2. The molecule has 0 spiro atoms. The molecule has 1 heterocycles. The van der Waals surface area contributed by atoms with E-state index in [1.807, 2.05) is 0 Å². The average molecular weight is 260 g/mol. The molecule has 1 aliphatic rings. The molecular formula is C16H24N2O. The summed E-state index contributed by atoms with van der Waals surface area (Å²) in [4.78, 5) is 4.57. The fraction of sp³-hybridized carbons (Fsp3) is 0.500. The molecule has 1 saturated heterocycles. The molecule has 3 nitrogen and oxygen atoms in total. The van der Waals surface area contributed by atoms with Crippen LogP contribution in [0.1, 0.15) is 12.5 Å². The Morgan fingerprint density at radius 1 is 1.16 bits per heavy atom. The highest BCUT2D eigenvalue weighted by molar-refractivity contribution is 5.55. The highest BCUT2D eigenvalue weighted by atomic mass is 16.5. The zero-order valence-corrected chi connectivity index (χ0v) is 12.2. The van der Waals surface area contributed by atoms with Gasteiger partial charge in [-0.15, -0.1) is 0 Å². The van der Waals surface area contributed by atoms with Crippen LogP contribution in [0.2, 0.25) is 0 Å². The lowest BCUT2D eigenvalue weighted by atomic mass is 10.1. The van der Waals surface area contributed by atoms with Gasteiger partial charge in [-0.05, 0) is 24.6 Å². The van der Waals surface area contributed by atoms with E-state index in [0.717, 1.165) is 26.3 Å². The summed E-state index contributed by atoms with van der Waals surface area (Å²) < 4.78 is 5.38. The van der Waals surface area contributed by atoms with Crippen LogP contribution in [0.25, 0.3) is 6.08 Å². The summed E-state index contributed by atoms with van der Waals surface area (Å²) in [7, 11) is 4.12. The van der Waals surface area contributed by atoms with Crippen LogP contribution in [-0.4, -0.2) is 51.3 Å². The molecule has 1 aliphatic heterocycles. The highest BCUT2D eigenvalue weighted by Gasteiger charge is 2.14. The van der Waals surface area contributed by atoms with Crippen molar-refractivity contribution in [3.8, 4) is 0 Å². The van der Waals surface area contributed by atoms with Crippen molar-refractivity contribution in [2.24, 2.45) is 0 Å². The fourth-order valence-electron chi connectivity index (χ4n) is 2.24. The molecule has 2 rings (SSSR count). The van der Waals surface area contributed by atoms with E-state index in [-0.39, 0.29) is 0 Å². The van der Waals surface area contributed by atoms with E-state index in [0.29, 0.717) is 6.04 Å². The van der Waals surface area contributed by atoms with Gasteiger partial charge in [0.05, 0.1) is 13.2 Å². The first kappa shape index (κ1) is 14.1. The van der Waals surface area contributed by atoms with Crippen LogP contribution in [-0.2, 0) is 4.74 Å². The number of hydrogen-bond acceptors (Lipinski definition) is 3. The molecule has 0 unspecified atom stereocenters. The lowest BCUT2D eigenvalue weighted by Crippen LogP contribution is -2.41. The molecule has 0 N–H and O–H groups in total. The van der Waals surface area contributed by atoms with Gasteiger partial charge < -0.3 is 9.64 Å². The summed E-state index contributed by atoms with van der Waals surface area (Å²) in [6, 6.07) is 9.10. The van der Waals surface area contributed by atoms with Crippen LogP contribution in [0, 0.1) is 0 Å². The van der Waals surface area contributed by atoms with E-state index in [4.69, 9.17) is 4.74 Å². The Hall–Kier alpha value is -1.32. The van der Waals surface area contributed by atoms with E-state index in [9.17, 15) is 0 Å². The summed E-state index contributed by atoms with van der Waals surface area (Å²) in [6.07, 6.45) is 4.48. The molecule has 0 aromatic heterocycles. The minimum Gasteiger partial charge on any atom is -0.379 e. The van der Waals surface area contributed by atoms with Crippen molar-refractivity contribution in [2.75, 3.05) is 45.3 Å². The molecule has 3 heteroatoms. The maximum atomic E-state index is 5.38. The van der Waals surface area contributed by atoms with Crippen LogP contribution in [0.4, 0.5) is 5.69 Å². The molecule has 1 atom stereocenters. The molecule has 19 heavy (non-hydrogen) atoms. The van der Waals surface area contributed by atoms with E-state index < -0.39 is 0 Å². The Bertz CT molecular complexity index is 405. The topological polar surface area (TPSA) is 15.7 Å². The minimum absolute atomic E-state index is 0.470. The average Bonchev–Trinajstić information content (AvgIpc) is 2.46. The second-order valence-corrected chi connectivity index (χ2v) is 5.23. The molecule has 0 saturated carbocycles. The third-order valence-corrected chi connectivity index (χ3v) is 3.60. The smallest absolute Gasteiger partial charge is 0.0594 e. The van der Waals surface area contributed by atoms with Gasteiger partial charge in [0, 0.05) is 38.9 Å². The molecule has 1 fully saturated rings. The van der Waals surface area contributed by atoms with Crippen LogP contribution < -0.4 is 4.90 Å².